The van der Waals surface area contributed by atoms with Gasteiger partial charge in [-0.2, -0.15) is 0 Å². The zero-order valence-corrected chi connectivity index (χ0v) is 12.4. The predicted octanol–water partition coefficient (Wildman–Crippen LogP) is 2.80. The summed E-state index contributed by atoms with van der Waals surface area (Å²) in [5.74, 6) is 0. The highest BCUT2D eigenvalue weighted by atomic mass is 15.2. The van der Waals surface area contributed by atoms with Crippen LogP contribution >= 0.6 is 0 Å². The van der Waals surface area contributed by atoms with Crippen molar-refractivity contribution >= 4 is 0 Å². The number of benzene rings is 1. The summed E-state index contributed by atoms with van der Waals surface area (Å²) in [4.78, 5) is 2.61. The normalized spacial score (nSPS) is 20.1. The molecule has 100 valence electrons. The molecule has 0 spiro atoms. The van der Waals surface area contributed by atoms with Gasteiger partial charge in [0, 0.05) is 31.7 Å². The van der Waals surface area contributed by atoms with Gasteiger partial charge in [-0.1, -0.05) is 17.7 Å². The van der Waals surface area contributed by atoms with E-state index in [-0.39, 0.29) is 5.54 Å². The predicted molar refractivity (Wildman–Crippen MR) is 78.0 cm³/mol. The molecule has 0 radical (unpaired) electrons. The highest BCUT2D eigenvalue weighted by Gasteiger charge is 2.29. The summed E-state index contributed by atoms with van der Waals surface area (Å²) in [7, 11) is 0. The third kappa shape index (κ3) is 2.76. The first-order valence-corrected chi connectivity index (χ1v) is 6.92. The number of hydrogen-bond acceptors (Lipinski definition) is 2. The van der Waals surface area contributed by atoms with Crippen LogP contribution in [0.15, 0.2) is 12.1 Å². The standard InChI is InChI=1S/C16H26N2/c1-12-8-13(2)15(14(3)9-12)10-18-7-6-17-11-16(18,4)5/h8-9,17H,6-7,10-11H2,1-5H3. The van der Waals surface area contributed by atoms with E-state index in [1.54, 1.807) is 0 Å². The van der Waals surface area contributed by atoms with Gasteiger partial charge in [0.2, 0.25) is 0 Å². The third-order valence-corrected chi connectivity index (χ3v) is 4.16. The Morgan fingerprint density at radius 1 is 1.17 bits per heavy atom. The zero-order chi connectivity index (χ0) is 13.3. The van der Waals surface area contributed by atoms with E-state index in [1.165, 1.54) is 22.3 Å². The average Bonchev–Trinajstić information content (AvgIpc) is 2.24. The van der Waals surface area contributed by atoms with Crippen molar-refractivity contribution in [3.05, 3.63) is 34.4 Å². The molecule has 1 aliphatic heterocycles. The molecule has 1 aromatic rings. The molecule has 0 atom stereocenters. The molecular formula is C16H26N2. The van der Waals surface area contributed by atoms with Crippen LogP contribution in [0.5, 0.6) is 0 Å². The van der Waals surface area contributed by atoms with Crippen molar-refractivity contribution < 1.29 is 0 Å². The Hall–Kier alpha value is -0.860. The van der Waals surface area contributed by atoms with E-state index in [9.17, 15) is 0 Å². The first-order chi connectivity index (χ1) is 8.40. The molecule has 2 nitrogen and oxygen atoms in total. The fourth-order valence-electron chi connectivity index (χ4n) is 2.97. The lowest BCUT2D eigenvalue weighted by molar-refractivity contribution is 0.0824. The molecule has 0 aromatic heterocycles. The lowest BCUT2D eigenvalue weighted by Crippen LogP contribution is -2.57. The molecule has 1 saturated heterocycles. The van der Waals surface area contributed by atoms with Gasteiger partial charge in [0.05, 0.1) is 0 Å². The highest BCUT2D eigenvalue weighted by molar-refractivity contribution is 5.37. The van der Waals surface area contributed by atoms with E-state index in [2.05, 4.69) is 57.0 Å². The van der Waals surface area contributed by atoms with Gasteiger partial charge in [-0.05, 0) is 51.3 Å². The fourth-order valence-corrected chi connectivity index (χ4v) is 2.97. The van der Waals surface area contributed by atoms with Crippen LogP contribution in [-0.2, 0) is 6.54 Å². The summed E-state index contributed by atoms with van der Waals surface area (Å²) in [6, 6.07) is 4.61. The van der Waals surface area contributed by atoms with E-state index in [1.807, 2.05) is 0 Å². The number of piperazine rings is 1. The molecule has 1 heterocycles. The molecule has 0 amide bonds. The Balaban J connectivity index is 2.23. The summed E-state index contributed by atoms with van der Waals surface area (Å²) in [5.41, 5.74) is 6.00. The number of nitrogens with zero attached hydrogens (tertiary/aromatic N) is 1. The molecule has 2 rings (SSSR count). The van der Waals surface area contributed by atoms with Crippen LogP contribution in [-0.4, -0.2) is 30.1 Å². The maximum absolute atomic E-state index is 3.49. The lowest BCUT2D eigenvalue weighted by atomic mass is 9.95. The second-order valence-electron chi connectivity index (χ2n) is 6.29. The van der Waals surface area contributed by atoms with Gasteiger partial charge in [-0.3, -0.25) is 4.90 Å². The maximum atomic E-state index is 3.49. The molecule has 1 aromatic carbocycles. The lowest BCUT2D eigenvalue weighted by Gasteiger charge is -2.43. The molecule has 1 aliphatic rings. The van der Waals surface area contributed by atoms with Gasteiger partial charge >= 0.3 is 0 Å². The summed E-state index contributed by atoms with van der Waals surface area (Å²) < 4.78 is 0. The Kier molecular flexibility index (Phi) is 3.79. The minimum absolute atomic E-state index is 0.252. The van der Waals surface area contributed by atoms with E-state index < -0.39 is 0 Å². The molecule has 1 fully saturated rings. The Morgan fingerprint density at radius 3 is 2.33 bits per heavy atom. The van der Waals surface area contributed by atoms with Gasteiger partial charge in [-0.25, -0.2) is 0 Å². The minimum atomic E-state index is 0.252. The van der Waals surface area contributed by atoms with Gasteiger partial charge < -0.3 is 5.32 Å². The second kappa shape index (κ2) is 5.02. The van der Waals surface area contributed by atoms with Crippen molar-refractivity contribution in [3.8, 4) is 0 Å². The summed E-state index contributed by atoms with van der Waals surface area (Å²) in [6.07, 6.45) is 0. The monoisotopic (exact) mass is 246 g/mol. The van der Waals surface area contributed by atoms with Crippen LogP contribution in [0, 0.1) is 20.8 Å². The van der Waals surface area contributed by atoms with E-state index in [0.29, 0.717) is 0 Å². The maximum Gasteiger partial charge on any atom is 0.0281 e. The molecule has 0 unspecified atom stereocenters. The van der Waals surface area contributed by atoms with Crippen LogP contribution in [0.3, 0.4) is 0 Å². The first kappa shape index (κ1) is 13.6. The van der Waals surface area contributed by atoms with Gasteiger partial charge in [0.1, 0.15) is 0 Å². The topological polar surface area (TPSA) is 15.3 Å². The number of hydrogen-bond donors (Lipinski definition) is 1. The van der Waals surface area contributed by atoms with Crippen molar-refractivity contribution in [3.63, 3.8) is 0 Å². The number of rotatable bonds is 2. The molecule has 0 aliphatic carbocycles. The second-order valence-corrected chi connectivity index (χ2v) is 6.29. The van der Waals surface area contributed by atoms with Crippen molar-refractivity contribution in [2.45, 2.75) is 46.7 Å². The largest absolute Gasteiger partial charge is 0.314 e. The van der Waals surface area contributed by atoms with Crippen molar-refractivity contribution in [1.29, 1.82) is 0 Å². The van der Waals surface area contributed by atoms with Gasteiger partial charge in [-0.15, -0.1) is 0 Å². The van der Waals surface area contributed by atoms with Crippen LogP contribution in [0.25, 0.3) is 0 Å². The SMILES string of the molecule is Cc1cc(C)c(CN2CCNCC2(C)C)c(C)c1. The Morgan fingerprint density at radius 2 is 1.78 bits per heavy atom. The first-order valence-electron chi connectivity index (χ1n) is 6.92. The van der Waals surface area contributed by atoms with Crippen molar-refractivity contribution in [1.82, 2.24) is 10.2 Å². The van der Waals surface area contributed by atoms with Crippen molar-refractivity contribution in [2.24, 2.45) is 0 Å². The molecule has 1 N–H and O–H groups in total. The molecular weight excluding hydrogens is 220 g/mol. The molecule has 0 saturated carbocycles. The fraction of sp³-hybridized carbons (Fsp3) is 0.625. The summed E-state index contributed by atoms with van der Waals surface area (Å²) in [5, 5.41) is 3.49. The van der Waals surface area contributed by atoms with E-state index in [0.717, 1.165) is 26.2 Å². The Labute approximate surface area is 111 Å². The number of nitrogens with one attached hydrogen (secondary N) is 1. The average molecular weight is 246 g/mol. The number of aryl methyl sites for hydroxylation is 3. The van der Waals surface area contributed by atoms with E-state index >= 15 is 0 Å². The molecule has 0 bridgehead atoms. The molecule has 2 heteroatoms. The van der Waals surface area contributed by atoms with Crippen LogP contribution in [0.1, 0.15) is 36.1 Å². The Bertz CT molecular complexity index is 412. The van der Waals surface area contributed by atoms with Gasteiger partial charge in [0.15, 0.2) is 0 Å². The van der Waals surface area contributed by atoms with Gasteiger partial charge in [0.25, 0.3) is 0 Å². The third-order valence-electron chi connectivity index (χ3n) is 4.16. The van der Waals surface area contributed by atoms with Crippen LogP contribution in [0.2, 0.25) is 0 Å². The van der Waals surface area contributed by atoms with E-state index in [4.69, 9.17) is 0 Å². The van der Waals surface area contributed by atoms with Crippen LogP contribution < -0.4 is 5.32 Å². The highest BCUT2D eigenvalue weighted by Crippen LogP contribution is 2.23. The minimum Gasteiger partial charge on any atom is -0.314 e. The summed E-state index contributed by atoms with van der Waals surface area (Å²) in [6.45, 7) is 15.7. The van der Waals surface area contributed by atoms with Crippen LogP contribution in [0.4, 0.5) is 0 Å². The summed E-state index contributed by atoms with van der Waals surface area (Å²) >= 11 is 0. The smallest absolute Gasteiger partial charge is 0.0281 e. The van der Waals surface area contributed by atoms with Crippen molar-refractivity contribution in [2.75, 3.05) is 19.6 Å². The zero-order valence-electron chi connectivity index (χ0n) is 12.4. The quantitative estimate of drug-likeness (QED) is 0.863. The molecule has 18 heavy (non-hydrogen) atoms.